The Labute approximate surface area is 282 Å². The summed E-state index contributed by atoms with van der Waals surface area (Å²) in [6.07, 6.45) is 0. The summed E-state index contributed by atoms with van der Waals surface area (Å²) in [5.41, 5.74) is 11.1. The van der Waals surface area contributed by atoms with E-state index >= 15 is 0 Å². The van der Waals surface area contributed by atoms with Gasteiger partial charge in [0.25, 0.3) is 0 Å². The minimum atomic E-state index is 0.835. The fraction of sp³-hybridized carbons (Fsp3) is 0. The highest BCUT2D eigenvalue weighted by Crippen LogP contribution is 2.46. The average molecular weight is 628 g/mol. The molecule has 3 nitrogen and oxygen atoms in total. The zero-order valence-corrected chi connectivity index (χ0v) is 26.5. The molecule has 230 valence electrons. The van der Waals surface area contributed by atoms with Crippen LogP contribution in [-0.4, -0.2) is 0 Å². The lowest BCUT2D eigenvalue weighted by Gasteiger charge is -2.26. The SMILES string of the molecule is c1ccc(-c2c(-c3ccc(N(c4cccc5c4oc4ccccc45)c4cccc5c4oc4ccccc45)cc3)ccc3ccccc23)cc1. The number of benzene rings is 8. The Hall–Kier alpha value is -6.58. The van der Waals surface area contributed by atoms with Gasteiger partial charge in [-0.05, 0) is 69.4 Å². The summed E-state index contributed by atoms with van der Waals surface area (Å²) in [7, 11) is 0. The van der Waals surface area contributed by atoms with Gasteiger partial charge < -0.3 is 13.7 Å². The molecule has 0 bridgehead atoms. The summed E-state index contributed by atoms with van der Waals surface area (Å²) in [6.45, 7) is 0. The van der Waals surface area contributed by atoms with Gasteiger partial charge in [-0.2, -0.15) is 0 Å². The quantitative estimate of drug-likeness (QED) is 0.190. The molecule has 0 fully saturated rings. The van der Waals surface area contributed by atoms with E-state index in [9.17, 15) is 0 Å². The van der Waals surface area contributed by atoms with Gasteiger partial charge in [-0.15, -0.1) is 0 Å². The molecule has 0 saturated carbocycles. The lowest BCUT2D eigenvalue weighted by Crippen LogP contribution is -2.10. The largest absolute Gasteiger partial charge is 0.454 e. The van der Waals surface area contributed by atoms with Gasteiger partial charge >= 0.3 is 0 Å². The molecule has 0 aliphatic heterocycles. The van der Waals surface area contributed by atoms with Crippen molar-refractivity contribution >= 4 is 71.7 Å². The van der Waals surface area contributed by atoms with Crippen LogP contribution >= 0.6 is 0 Å². The summed E-state index contributed by atoms with van der Waals surface area (Å²) in [5, 5.41) is 6.82. The highest BCUT2D eigenvalue weighted by Gasteiger charge is 2.23. The van der Waals surface area contributed by atoms with E-state index in [1.165, 1.54) is 27.5 Å². The molecule has 0 amide bonds. The number of hydrogen-bond donors (Lipinski definition) is 0. The van der Waals surface area contributed by atoms with Crippen LogP contribution in [0.1, 0.15) is 0 Å². The minimum Gasteiger partial charge on any atom is -0.454 e. The molecule has 0 aliphatic carbocycles. The van der Waals surface area contributed by atoms with Crippen LogP contribution in [0.15, 0.2) is 185 Å². The first-order chi connectivity index (χ1) is 24.3. The molecular formula is C46H29NO2. The summed E-state index contributed by atoms with van der Waals surface area (Å²) >= 11 is 0. The summed E-state index contributed by atoms with van der Waals surface area (Å²) < 4.78 is 13.2. The van der Waals surface area contributed by atoms with E-state index in [0.29, 0.717) is 0 Å². The van der Waals surface area contributed by atoms with Crippen molar-refractivity contribution in [1.29, 1.82) is 0 Å². The van der Waals surface area contributed by atoms with Crippen molar-refractivity contribution in [1.82, 2.24) is 0 Å². The first-order valence-corrected chi connectivity index (χ1v) is 16.6. The third-order valence-electron chi connectivity index (χ3n) is 9.68. The fourth-order valence-electron chi connectivity index (χ4n) is 7.44. The molecule has 0 radical (unpaired) electrons. The second kappa shape index (κ2) is 11.0. The highest BCUT2D eigenvalue weighted by molar-refractivity contribution is 6.14. The van der Waals surface area contributed by atoms with Gasteiger partial charge in [0.05, 0.1) is 11.4 Å². The predicted octanol–water partition coefficient (Wildman–Crippen LogP) is 13.4. The van der Waals surface area contributed by atoms with Crippen molar-refractivity contribution in [3.63, 3.8) is 0 Å². The van der Waals surface area contributed by atoms with Gasteiger partial charge in [0, 0.05) is 27.2 Å². The molecule has 0 aliphatic rings. The van der Waals surface area contributed by atoms with Crippen molar-refractivity contribution in [3.05, 3.63) is 176 Å². The van der Waals surface area contributed by atoms with E-state index in [-0.39, 0.29) is 0 Å². The second-order valence-corrected chi connectivity index (χ2v) is 12.5. The molecule has 2 heterocycles. The van der Waals surface area contributed by atoms with E-state index in [0.717, 1.165) is 66.5 Å². The van der Waals surface area contributed by atoms with Gasteiger partial charge in [0.2, 0.25) is 0 Å². The van der Waals surface area contributed by atoms with Crippen molar-refractivity contribution in [3.8, 4) is 22.3 Å². The second-order valence-electron chi connectivity index (χ2n) is 12.5. The number of fused-ring (bicyclic) bond motifs is 7. The van der Waals surface area contributed by atoms with Gasteiger partial charge in [-0.25, -0.2) is 0 Å². The molecule has 0 spiro atoms. The molecule has 10 rings (SSSR count). The van der Waals surface area contributed by atoms with E-state index in [4.69, 9.17) is 8.83 Å². The zero-order chi connectivity index (χ0) is 32.3. The number of para-hydroxylation sites is 4. The fourth-order valence-corrected chi connectivity index (χ4v) is 7.44. The van der Waals surface area contributed by atoms with Crippen LogP contribution in [0.3, 0.4) is 0 Å². The van der Waals surface area contributed by atoms with Gasteiger partial charge in [-0.3, -0.25) is 0 Å². The van der Waals surface area contributed by atoms with E-state index in [2.05, 4.69) is 157 Å². The van der Waals surface area contributed by atoms with Crippen LogP contribution in [0.5, 0.6) is 0 Å². The topological polar surface area (TPSA) is 29.5 Å². The molecule has 0 saturated heterocycles. The molecule has 10 aromatic rings. The first-order valence-electron chi connectivity index (χ1n) is 16.6. The summed E-state index contributed by atoms with van der Waals surface area (Å²) in [6, 6.07) is 61.9. The summed E-state index contributed by atoms with van der Waals surface area (Å²) in [4.78, 5) is 2.28. The van der Waals surface area contributed by atoms with Crippen molar-refractivity contribution < 1.29 is 8.83 Å². The van der Waals surface area contributed by atoms with E-state index in [1.807, 2.05) is 24.3 Å². The molecule has 3 heteroatoms. The Morgan fingerprint density at radius 1 is 0.347 bits per heavy atom. The third kappa shape index (κ3) is 4.37. The van der Waals surface area contributed by atoms with Crippen LogP contribution in [0.4, 0.5) is 17.1 Å². The normalized spacial score (nSPS) is 11.7. The number of nitrogens with zero attached hydrogens (tertiary/aromatic N) is 1. The third-order valence-corrected chi connectivity index (χ3v) is 9.68. The number of furan rings is 2. The van der Waals surface area contributed by atoms with Gasteiger partial charge in [0.15, 0.2) is 11.2 Å². The molecular weight excluding hydrogens is 599 g/mol. The van der Waals surface area contributed by atoms with Crippen molar-refractivity contribution in [2.45, 2.75) is 0 Å². The lowest BCUT2D eigenvalue weighted by atomic mass is 9.90. The van der Waals surface area contributed by atoms with Gasteiger partial charge in [-0.1, -0.05) is 140 Å². The van der Waals surface area contributed by atoms with E-state index in [1.54, 1.807) is 0 Å². The molecule has 2 aromatic heterocycles. The highest BCUT2D eigenvalue weighted by atomic mass is 16.3. The molecule has 49 heavy (non-hydrogen) atoms. The monoisotopic (exact) mass is 627 g/mol. The van der Waals surface area contributed by atoms with Crippen molar-refractivity contribution in [2.75, 3.05) is 4.90 Å². The maximum Gasteiger partial charge on any atom is 0.159 e. The van der Waals surface area contributed by atoms with Gasteiger partial charge in [0.1, 0.15) is 11.2 Å². The Bertz CT molecular complexity index is 2710. The van der Waals surface area contributed by atoms with Crippen LogP contribution < -0.4 is 4.90 Å². The Kier molecular flexibility index (Phi) is 6.18. The maximum absolute atomic E-state index is 6.60. The zero-order valence-electron chi connectivity index (χ0n) is 26.5. The maximum atomic E-state index is 6.60. The minimum absolute atomic E-state index is 0.835. The standard InChI is InChI=1S/C46H29NO2/c1-2-13-32(14-3-1)44-34-15-5-4-12-30(34)26-29-35(44)31-24-27-33(28-25-31)47(40-20-10-18-38-36-16-6-8-22-42(36)48-45(38)40)41-21-11-19-39-37-17-7-9-23-43(37)49-46(39)41/h1-29H. The predicted molar refractivity (Wildman–Crippen MR) is 204 cm³/mol. The molecule has 0 atom stereocenters. The van der Waals surface area contributed by atoms with Crippen LogP contribution in [0.2, 0.25) is 0 Å². The number of anilines is 3. The number of hydrogen-bond acceptors (Lipinski definition) is 3. The van der Waals surface area contributed by atoms with Crippen LogP contribution in [-0.2, 0) is 0 Å². The van der Waals surface area contributed by atoms with Crippen molar-refractivity contribution in [2.24, 2.45) is 0 Å². The number of rotatable bonds is 5. The Morgan fingerprint density at radius 3 is 1.51 bits per heavy atom. The molecule has 8 aromatic carbocycles. The average Bonchev–Trinajstić information content (AvgIpc) is 3.75. The summed E-state index contributed by atoms with van der Waals surface area (Å²) in [5.74, 6) is 0. The molecule has 0 unspecified atom stereocenters. The smallest absolute Gasteiger partial charge is 0.159 e. The Morgan fingerprint density at radius 2 is 0.878 bits per heavy atom. The lowest BCUT2D eigenvalue weighted by molar-refractivity contribution is 0.666. The van der Waals surface area contributed by atoms with E-state index < -0.39 is 0 Å². The van der Waals surface area contributed by atoms with Crippen LogP contribution in [0.25, 0.3) is 76.9 Å². The molecule has 0 N–H and O–H groups in total. The Balaban J connectivity index is 1.20. The first kappa shape index (κ1) is 27.5. The van der Waals surface area contributed by atoms with Crippen LogP contribution in [0, 0.1) is 0 Å².